The van der Waals surface area contributed by atoms with E-state index in [1.54, 1.807) is 50.3 Å². The third kappa shape index (κ3) is 15.1. The number of benzene rings is 1. The number of rotatable bonds is 14. The number of hydrogen-bond acceptors (Lipinski definition) is 20. The maximum absolute atomic E-state index is 14.4. The lowest BCUT2D eigenvalue weighted by molar-refractivity contribution is -0.199. The van der Waals surface area contributed by atoms with Gasteiger partial charge in [0.15, 0.2) is 5.72 Å². The number of methoxy groups -OCH3 is 2. The van der Waals surface area contributed by atoms with Crippen LogP contribution in [0.3, 0.4) is 0 Å². The molecular weight excluding hydrogens is 1070 g/mol. The Kier molecular flexibility index (Phi) is 20.8. The molecular formula is C51H67ClN6O19S. The summed E-state index contributed by atoms with van der Waals surface area (Å²) in [6, 6.07) is 0.567. The normalized spacial score (nSPS) is 28.8. The van der Waals surface area contributed by atoms with Crippen LogP contribution in [0.2, 0.25) is 5.02 Å². The van der Waals surface area contributed by atoms with E-state index in [0.29, 0.717) is 34.7 Å². The minimum absolute atomic E-state index is 0.0291. The number of anilines is 1. The average molecular weight is 1140 g/mol. The highest BCUT2D eigenvalue weighted by atomic mass is 35.5. The number of carbonyl (C=O) groups is 9. The molecule has 1 aromatic rings. The summed E-state index contributed by atoms with van der Waals surface area (Å²) in [5.41, 5.74) is -1.40. The summed E-state index contributed by atoms with van der Waals surface area (Å²) in [7, 11) is 6.96. The number of imide groups is 1. The van der Waals surface area contributed by atoms with E-state index >= 15 is 0 Å². The summed E-state index contributed by atoms with van der Waals surface area (Å²) in [5.74, 6) is -5.42. The number of ether oxygens (including phenoxy) is 8. The third-order valence-corrected chi connectivity index (χ3v) is 15.0. The van der Waals surface area contributed by atoms with Gasteiger partial charge in [-0.05, 0) is 51.0 Å². The number of esters is 1. The molecule has 0 spiro atoms. The first-order valence-electron chi connectivity index (χ1n) is 25.0. The SMILES string of the molecule is COc1cc2cc(c1Cl)N(C)C(=O)C[C@H](OC(=O)[C@H](C)N(C)C(=O)CCSC(=O)NC(CN(C)C(=O)OC1/C=C/COCOC1)C(=O)ON1C(=O)CCC1=O)[C@]1(C)OC1[C@H](C)[C@@H]1C[C@@](O)(NC(=O)O1)[C@H](OC)/C=C/C=C(\C)C2. The van der Waals surface area contributed by atoms with Crippen LogP contribution in [0.15, 0.2) is 48.1 Å². The van der Waals surface area contributed by atoms with Crippen LogP contribution in [0, 0.1) is 5.92 Å². The number of epoxide rings is 1. The van der Waals surface area contributed by atoms with E-state index in [9.17, 15) is 48.3 Å². The molecule has 5 aliphatic heterocycles. The molecule has 7 amide bonds. The van der Waals surface area contributed by atoms with Crippen molar-refractivity contribution >= 4 is 82.0 Å². The fourth-order valence-electron chi connectivity index (χ4n) is 9.04. The Morgan fingerprint density at radius 1 is 1.03 bits per heavy atom. The molecule has 3 N–H and O–H groups in total. The number of nitrogens with one attached hydrogen (secondary N) is 2. The van der Waals surface area contributed by atoms with Crippen LogP contribution < -0.4 is 20.3 Å². The van der Waals surface area contributed by atoms with Crippen molar-refractivity contribution in [3.8, 4) is 5.75 Å². The van der Waals surface area contributed by atoms with Crippen molar-refractivity contribution in [2.45, 2.75) is 120 Å². The van der Waals surface area contributed by atoms with Gasteiger partial charge in [0.25, 0.3) is 17.1 Å². The number of nitrogens with zero attached hydrogens (tertiary/aromatic N) is 4. The maximum Gasteiger partial charge on any atom is 0.410 e. The summed E-state index contributed by atoms with van der Waals surface area (Å²) in [6.07, 6.45) is 0.654. The molecule has 0 aliphatic carbocycles. The summed E-state index contributed by atoms with van der Waals surface area (Å²) in [4.78, 5) is 128. The van der Waals surface area contributed by atoms with Crippen molar-refractivity contribution < 1.29 is 91.0 Å². The molecule has 4 bridgehead atoms. The van der Waals surface area contributed by atoms with Crippen molar-refractivity contribution in [2.24, 2.45) is 5.92 Å². The molecule has 78 heavy (non-hydrogen) atoms. The molecule has 6 rings (SSSR count). The molecule has 3 fully saturated rings. The minimum atomic E-state index is -1.92. The fraction of sp³-hybridized carbons (Fsp3) is 0.588. The number of hydrogen-bond donors (Lipinski definition) is 3. The zero-order valence-electron chi connectivity index (χ0n) is 44.8. The first-order chi connectivity index (χ1) is 36.9. The number of fused-ring (bicyclic) bond motifs is 5. The van der Waals surface area contributed by atoms with Crippen molar-refractivity contribution in [1.82, 2.24) is 25.5 Å². The predicted octanol–water partition coefficient (Wildman–Crippen LogP) is 3.32. The standard InChI is InChI=1S/C51H67ClN6O19S/c1-28-12-10-14-37(70-9)51(68)24-36(74-47(65)54-51)29(2)44-50(4,76-44)38(23-42(62)57(7)34-21-31(20-28)22-35(69-8)43(34)52)75-45(63)30(3)56(6)39(59)17-19-78-48(66)53-33(46(64)77-58-40(60)15-16-41(58)61)25-55(5)49(67)73-32-13-11-18-71-27-72-26-32/h10-14,21-22,29-30,32-33,36-38,44,68H,15-20,23-27H2,1-9H3,(H,53,66)(H,54,65)/b13-11+,14-10+,28-12+/t29-,30+,32?,33?,36+,37-,38+,44?,50+,51+/m1/s1. The number of alkyl carbamates (subject to hydrolysis) is 1. The predicted molar refractivity (Wildman–Crippen MR) is 276 cm³/mol. The number of halogens is 1. The van der Waals surface area contributed by atoms with Crippen molar-refractivity contribution in [2.75, 3.05) is 72.6 Å². The van der Waals surface area contributed by atoms with E-state index in [1.165, 1.54) is 47.2 Å². The lowest BCUT2D eigenvalue weighted by Gasteiger charge is -2.42. The number of thioether (sulfide) groups is 1. The molecule has 0 radical (unpaired) electrons. The van der Waals surface area contributed by atoms with E-state index in [1.807, 2.05) is 13.0 Å². The second-order valence-electron chi connectivity index (χ2n) is 19.6. The van der Waals surface area contributed by atoms with Gasteiger partial charge in [0.05, 0.1) is 45.1 Å². The Morgan fingerprint density at radius 3 is 2.44 bits per heavy atom. The molecule has 1 aromatic carbocycles. The number of allylic oxidation sites excluding steroid dienone is 3. The van der Waals surface area contributed by atoms with Gasteiger partial charge in [-0.25, -0.2) is 19.2 Å². The highest BCUT2D eigenvalue weighted by molar-refractivity contribution is 8.13. The number of amides is 7. The van der Waals surface area contributed by atoms with Crippen molar-refractivity contribution in [1.29, 1.82) is 0 Å². The zero-order chi connectivity index (χ0) is 57.2. The van der Waals surface area contributed by atoms with Crippen LogP contribution in [-0.4, -0.2) is 195 Å². The highest BCUT2D eigenvalue weighted by Crippen LogP contribution is 2.49. The van der Waals surface area contributed by atoms with Crippen LogP contribution in [0.4, 0.5) is 20.1 Å². The van der Waals surface area contributed by atoms with E-state index in [2.05, 4.69) is 10.6 Å². The van der Waals surface area contributed by atoms with Crippen LogP contribution in [0.25, 0.3) is 0 Å². The molecule has 0 aromatic heterocycles. The first kappa shape index (κ1) is 60.9. The summed E-state index contributed by atoms with van der Waals surface area (Å²) in [6.45, 7) is 6.26. The molecule has 0 saturated carbocycles. The smallest absolute Gasteiger partial charge is 0.410 e. The monoisotopic (exact) mass is 1130 g/mol. The van der Waals surface area contributed by atoms with Crippen molar-refractivity contribution in [3.63, 3.8) is 0 Å². The lowest BCUT2D eigenvalue weighted by Crippen LogP contribution is -2.63. The molecule has 3 saturated heterocycles. The van der Waals surface area contributed by atoms with Gasteiger partial charge in [0.2, 0.25) is 11.8 Å². The van der Waals surface area contributed by atoms with E-state index < -0.39 is 126 Å². The van der Waals surface area contributed by atoms with Crippen molar-refractivity contribution in [3.05, 3.63) is 58.7 Å². The number of hydroxylamine groups is 2. The first-order valence-corrected chi connectivity index (χ1v) is 26.4. The van der Waals surface area contributed by atoms with Crippen LogP contribution in [0.5, 0.6) is 5.75 Å². The Labute approximate surface area is 460 Å². The van der Waals surface area contributed by atoms with Gasteiger partial charge >= 0.3 is 24.1 Å². The number of carbonyl (C=O) groups excluding carboxylic acids is 9. The zero-order valence-corrected chi connectivity index (χ0v) is 46.4. The van der Waals surface area contributed by atoms with Gasteiger partial charge in [-0.2, -0.15) is 0 Å². The second-order valence-corrected chi connectivity index (χ2v) is 21.0. The molecule has 25 nitrogen and oxygen atoms in total. The quantitative estimate of drug-likeness (QED) is 0.0791. The molecule has 27 heteroatoms. The maximum atomic E-state index is 14.4. The van der Waals surface area contributed by atoms with Gasteiger partial charge < -0.3 is 67.9 Å². The van der Waals surface area contributed by atoms with Crippen LogP contribution in [-0.2, 0) is 73.2 Å². The van der Waals surface area contributed by atoms with Crippen LogP contribution >= 0.6 is 23.4 Å². The van der Waals surface area contributed by atoms with Gasteiger partial charge in [0, 0.05) is 65.6 Å². The van der Waals surface area contributed by atoms with Gasteiger partial charge in [-0.15, -0.1) is 5.06 Å². The highest BCUT2D eigenvalue weighted by Gasteiger charge is 2.64. The summed E-state index contributed by atoms with van der Waals surface area (Å²) < 4.78 is 45.2. The molecule has 428 valence electrons. The van der Waals surface area contributed by atoms with E-state index in [-0.39, 0.29) is 56.5 Å². The number of likely N-dealkylation sites (N-methyl/N-ethyl adjacent to an activating group) is 2. The Morgan fingerprint density at radius 2 is 1.74 bits per heavy atom. The molecule has 10 atom stereocenters. The summed E-state index contributed by atoms with van der Waals surface area (Å²) >= 11 is 7.39. The second kappa shape index (κ2) is 26.6. The summed E-state index contributed by atoms with van der Waals surface area (Å²) in [5, 5.41) is 16.3. The molecule has 5 heterocycles. The van der Waals surface area contributed by atoms with Gasteiger partial charge in [0.1, 0.15) is 59.7 Å². The fourth-order valence-corrected chi connectivity index (χ4v) is 10.0. The Hall–Kier alpha value is -6.29. The Balaban J connectivity index is 1.15. The Bertz CT molecular complexity index is 2550. The largest absolute Gasteiger partial charge is 0.495 e. The average Bonchev–Trinajstić information content (AvgIpc) is 4.14. The topological polar surface area (TPSA) is 297 Å². The third-order valence-electron chi connectivity index (χ3n) is 13.9. The van der Waals surface area contributed by atoms with E-state index in [4.69, 9.17) is 54.3 Å². The lowest BCUT2D eigenvalue weighted by atomic mass is 9.83. The van der Waals surface area contributed by atoms with E-state index in [0.717, 1.165) is 20.9 Å². The minimum Gasteiger partial charge on any atom is -0.495 e. The van der Waals surface area contributed by atoms with Crippen LogP contribution in [0.1, 0.15) is 65.4 Å². The molecule has 3 unspecified atom stereocenters. The van der Waals surface area contributed by atoms with Gasteiger partial charge in [-0.1, -0.05) is 60.2 Å². The van der Waals surface area contributed by atoms with Gasteiger partial charge in [-0.3, -0.25) is 29.3 Å². The molecule has 5 aliphatic rings. The number of aliphatic hydroxyl groups is 1.